The van der Waals surface area contributed by atoms with Crippen LogP contribution >= 0.6 is 0 Å². The zero-order valence-corrected chi connectivity index (χ0v) is 11.0. The van der Waals surface area contributed by atoms with Gasteiger partial charge < -0.3 is 10.1 Å². The van der Waals surface area contributed by atoms with Gasteiger partial charge in [-0.3, -0.25) is 10.1 Å². The van der Waals surface area contributed by atoms with Gasteiger partial charge in [0.1, 0.15) is 5.54 Å². The molecule has 0 bridgehead atoms. The first-order chi connectivity index (χ1) is 8.69. The Labute approximate surface area is 108 Å². The van der Waals surface area contributed by atoms with E-state index in [1.165, 1.54) is 0 Å². The highest BCUT2D eigenvalue weighted by Gasteiger charge is 2.52. The summed E-state index contributed by atoms with van der Waals surface area (Å²) in [7, 11) is 0. The van der Waals surface area contributed by atoms with Crippen LogP contribution in [0.5, 0.6) is 0 Å². The first kappa shape index (κ1) is 13.3. The maximum absolute atomic E-state index is 12.1. The summed E-state index contributed by atoms with van der Waals surface area (Å²) in [5.41, 5.74) is -0.827. The second-order valence-electron chi connectivity index (χ2n) is 5.19. The summed E-state index contributed by atoms with van der Waals surface area (Å²) in [5.74, 6) is -0.212. The highest BCUT2D eigenvalue weighted by atomic mass is 16.5. The van der Waals surface area contributed by atoms with Gasteiger partial charge in [0.25, 0.3) is 5.91 Å². The first-order valence-corrected chi connectivity index (χ1v) is 6.94. The molecule has 2 aliphatic rings. The quantitative estimate of drug-likeness (QED) is 0.580. The molecular weight excluding hydrogens is 232 g/mol. The number of imide groups is 1. The maximum atomic E-state index is 12.1. The second kappa shape index (κ2) is 5.69. The van der Waals surface area contributed by atoms with E-state index in [4.69, 9.17) is 4.74 Å². The molecule has 0 saturated carbocycles. The number of unbranched alkanes of at least 4 members (excludes halogenated alkanes) is 2. The molecule has 0 spiro atoms. The monoisotopic (exact) mass is 254 g/mol. The van der Waals surface area contributed by atoms with Crippen molar-refractivity contribution in [2.45, 2.75) is 63.5 Å². The third-order valence-corrected chi connectivity index (χ3v) is 3.87. The minimum atomic E-state index is -0.827. The third-order valence-electron chi connectivity index (χ3n) is 3.87. The molecule has 2 saturated heterocycles. The lowest BCUT2D eigenvalue weighted by atomic mass is 9.83. The van der Waals surface area contributed by atoms with Crippen molar-refractivity contribution in [1.82, 2.24) is 10.6 Å². The SMILES string of the molecule is CCCCC[C@]1([C@@H]2CCCCO2)NC(=O)NC1=O. The van der Waals surface area contributed by atoms with Crippen molar-refractivity contribution in [3.63, 3.8) is 0 Å². The van der Waals surface area contributed by atoms with Crippen LogP contribution in [0, 0.1) is 0 Å². The van der Waals surface area contributed by atoms with Gasteiger partial charge in [-0.25, -0.2) is 4.79 Å². The summed E-state index contributed by atoms with van der Waals surface area (Å²) in [6.45, 7) is 2.81. The van der Waals surface area contributed by atoms with E-state index < -0.39 is 5.54 Å². The van der Waals surface area contributed by atoms with E-state index in [-0.39, 0.29) is 18.0 Å². The summed E-state index contributed by atoms with van der Waals surface area (Å²) >= 11 is 0. The molecule has 0 radical (unpaired) electrons. The molecule has 0 unspecified atom stereocenters. The van der Waals surface area contributed by atoms with Gasteiger partial charge in [0.15, 0.2) is 0 Å². The molecule has 2 heterocycles. The molecule has 2 rings (SSSR count). The topological polar surface area (TPSA) is 67.4 Å². The zero-order chi connectivity index (χ0) is 13.0. The van der Waals surface area contributed by atoms with Crippen LogP contribution in [0.25, 0.3) is 0 Å². The maximum Gasteiger partial charge on any atom is 0.322 e. The fraction of sp³-hybridized carbons (Fsp3) is 0.846. The van der Waals surface area contributed by atoms with Crippen LogP contribution in [-0.2, 0) is 9.53 Å². The van der Waals surface area contributed by atoms with Crippen molar-refractivity contribution in [3.05, 3.63) is 0 Å². The molecular formula is C13H22N2O3. The average Bonchev–Trinajstić information content (AvgIpc) is 2.67. The highest BCUT2D eigenvalue weighted by molar-refractivity contribution is 6.07. The largest absolute Gasteiger partial charge is 0.375 e. The molecule has 0 aromatic rings. The lowest BCUT2D eigenvalue weighted by Crippen LogP contribution is -2.58. The number of rotatable bonds is 5. The van der Waals surface area contributed by atoms with Crippen LogP contribution < -0.4 is 10.6 Å². The molecule has 5 heteroatoms. The Hall–Kier alpha value is -1.10. The van der Waals surface area contributed by atoms with E-state index >= 15 is 0 Å². The lowest BCUT2D eigenvalue weighted by Gasteiger charge is -2.37. The molecule has 2 aliphatic heterocycles. The molecule has 102 valence electrons. The summed E-state index contributed by atoms with van der Waals surface area (Å²) in [5, 5.41) is 5.18. The minimum absolute atomic E-state index is 0.172. The van der Waals surface area contributed by atoms with Gasteiger partial charge in [-0.2, -0.15) is 0 Å². The third kappa shape index (κ3) is 2.51. The highest BCUT2D eigenvalue weighted by Crippen LogP contribution is 2.30. The molecule has 2 N–H and O–H groups in total. The Morgan fingerprint density at radius 1 is 1.33 bits per heavy atom. The number of urea groups is 1. The fourth-order valence-corrected chi connectivity index (χ4v) is 2.85. The Balaban J connectivity index is 2.10. The second-order valence-corrected chi connectivity index (χ2v) is 5.19. The number of amides is 3. The van der Waals surface area contributed by atoms with Gasteiger partial charge in [0.05, 0.1) is 6.10 Å². The predicted molar refractivity (Wildman–Crippen MR) is 67.1 cm³/mol. The van der Waals surface area contributed by atoms with Crippen molar-refractivity contribution < 1.29 is 14.3 Å². The number of hydrogen-bond acceptors (Lipinski definition) is 3. The number of hydrogen-bond donors (Lipinski definition) is 2. The molecule has 5 nitrogen and oxygen atoms in total. The Morgan fingerprint density at radius 3 is 2.72 bits per heavy atom. The molecule has 0 aliphatic carbocycles. The number of carbonyl (C=O) groups excluding carboxylic acids is 2. The molecule has 3 amide bonds. The Kier molecular flexibility index (Phi) is 4.22. The standard InChI is InChI=1S/C13H22N2O3/c1-2-3-5-8-13(10-7-4-6-9-18-10)11(16)14-12(17)15-13/h10H,2-9H2,1H3,(H2,14,15,16,17)/t10-,13+/m0/s1. The van der Waals surface area contributed by atoms with E-state index in [2.05, 4.69) is 17.6 Å². The van der Waals surface area contributed by atoms with E-state index in [9.17, 15) is 9.59 Å². The van der Waals surface area contributed by atoms with E-state index in [0.29, 0.717) is 13.0 Å². The van der Waals surface area contributed by atoms with E-state index in [1.54, 1.807) is 0 Å². The Morgan fingerprint density at radius 2 is 2.17 bits per heavy atom. The predicted octanol–water partition coefficient (Wildman–Crippen LogP) is 1.71. The minimum Gasteiger partial charge on any atom is -0.375 e. The van der Waals surface area contributed by atoms with Crippen LogP contribution in [-0.4, -0.2) is 30.2 Å². The van der Waals surface area contributed by atoms with E-state index in [1.807, 2.05) is 0 Å². The summed E-state index contributed by atoms with van der Waals surface area (Å²) < 4.78 is 5.74. The lowest BCUT2D eigenvalue weighted by molar-refractivity contribution is -0.133. The number of ether oxygens (including phenoxy) is 1. The number of nitrogens with one attached hydrogen (secondary N) is 2. The van der Waals surface area contributed by atoms with Crippen molar-refractivity contribution in [1.29, 1.82) is 0 Å². The van der Waals surface area contributed by atoms with Crippen LogP contribution in [0.2, 0.25) is 0 Å². The molecule has 18 heavy (non-hydrogen) atoms. The van der Waals surface area contributed by atoms with Gasteiger partial charge >= 0.3 is 6.03 Å². The molecule has 2 atom stereocenters. The summed E-state index contributed by atoms with van der Waals surface area (Å²) in [4.78, 5) is 23.6. The average molecular weight is 254 g/mol. The van der Waals surface area contributed by atoms with Crippen LogP contribution in [0.1, 0.15) is 51.9 Å². The number of carbonyl (C=O) groups is 2. The van der Waals surface area contributed by atoms with Crippen LogP contribution in [0.4, 0.5) is 4.79 Å². The van der Waals surface area contributed by atoms with Crippen molar-refractivity contribution >= 4 is 11.9 Å². The zero-order valence-electron chi connectivity index (χ0n) is 11.0. The summed E-state index contributed by atoms with van der Waals surface area (Å²) in [6, 6.07) is -0.384. The molecule has 0 aromatic heterocycles. The van der Waals surface area contributed by atoms with Crippen molar-refractivity contribution in [2.24, 2.45) is 0 Å². The van der Waals surface area contributed by atoms with E-state index in [0.717, 1.165) is 38.5 Å². The van der Waals surface area contributed by atoms with Gasteiger partial charge in [0, 0.05) is 6.61 Å². The van der Waals surface area contributed by atoms with Gasteiger partial charge in [-0.15, -0.1) is 0 Å². The first-order valence-electron chi connectivity index (χ1n) is 6.94. The summed E-state index contributed by atoms with van der Waals surface area (Å²) in [6.07, 6.45) is 6.54. The van der Waals surface area contributed by atoms with Crippen LogP contribution in [0.3, 0.4) is 0 Å². The van der Waals surface area contributed by atoms with Crippen molar-refractivity contribution in [2.75, 3.05) is 6.61 Å². The van der Waals surface area contributed by atoms with Gasteiger partial charge in [-0.1, -0.05) is 26.2 Å². The van der Waals surface area contributed by atoms with Crippen molar-refractivity contribution in [3.8, 4) is 0 Å². The van der Waals surface area contributed by atoms with Crippen LogP contribution in [0.15, 0.2) is 0 Å². The normalized spacial score (nSPS) is 32.2. The Bertz CT molecular complexity index is 326. The van der Waals surface area contributed by atoms with Gasteiger partial charge in [0.2, 0.25) is 0 Å². The fourth-order valence-electron chi connectivity index (χ4n) is 2.85. The molecule has 0 aromatic carbocycles. The smallest absolute Gasteiger partial charge is 0.322 e. The molecule has 2 fully saturated rings. The van der Waals surface area contributed by atoms with Gasteiger partial charge in [-0.05, 0) is 25.7 Å².